The molecule has 0 spiro atoms. The van der Waals surface area contributed by atoms with Gasteiger partial charge in [0.25, 0.3) is 11.8 Å². The monoisotopic (exact) mass is 374 g/mol. The maximum absolute atomic E-state index is 13.4. The molecule has 2 heterocycles. The SMILES string of the molecule is COc1ccc(N2C(=O)C3N=NN(c4ccc(F)c(Cl)c4)C3C2=O)cc1. The number of hydrogen-bond acceptors (Lipinski definition) is 6. The molecule has 2 aromatic carbocycles. The summed E-state index contributed by atoms with van der Waals surface area (Å²) in [6.07, 6.45) is 0. The second-order valence-electron chi connectivity index (χ2n) is 5.75. The van der Waals surface area contributed by atoms with Crippen LogP contribution in [0.2, 0.25) is 5.02 Å². The van der Waals surface area contributed by atoms with Crippen molar-refractivity contribution in [1.29, 1.82) is 0 Å². The van der Waals surface area contributed by atoms with Crippen molar-refractivity contribution >= 4 is 34.8 Å². The summed E-state index contributed by atoms with van der Waals surface area (Å²) in [6, 6.07) is 8.61. The van der Waals surface area contributed by atoms with E-state index in [-0.39, 0.29) is 5.02 Å². The van der Waals surface area contributed by atoms with Crippen LogP contribution < -0.4 is 14.6 Å². The Morgan fingerprint density at radius 1 is 1.08 bits per heavy atom. The molecule has 0 aromatic heterocycles. The maximum atomic E-state index is 13.4. The normalized spacial score (nSPS) is 21.5. The number of halogens is 2. The van der Waals surface area contributed by atoms with E-state index in [1.54, 1.807) is 24.3 Å². The maximum Gasteiger partial charge on any atom is 0.263 e. The highest BCUT2D eigenvalue weighted by atomic mass is 35.5. The van der Waals surface area contributed by atoms with Gasteiger partial charge in [-0.2, -0.15) is 5.11 Å². The van der Waals surface area contributed by atoms with Crippen molar-refractivity contribution < 1.29 is 18.7 Å². The van der Waals surface area contributed by atoms with Gasteiger partial charge in [0.2, 0.25) is 0 Å². The summed E-state index contributed by atoms with van der Waals surface area (Å²) in [6.45, 7) is 0. The predicted octanol–water partition coefficient (Wildman–Crippen LogP) is 2.99. The number of fused-ring (bicyclic) bond motifs is 1. The Kier molecular flexibility index (Phi) is 3.84. The van der Waals surface area contributed by atoms with Crippen LogP contribution >= 0.6 is 11.6 Å². The lowest BCUT2D eigenvalue weighted by Crippen LogP contribution is -2.39. The van der Waals surface area contributed by atoms with Crippen molar-refractivity contribution in [1.82, 2.24) is 0 Å². The van der Waals surface area contributed by atoms with Gasteiger partial charge in [0.05, 0.1) is 23.5 Å². The third-order valence-corrected chi connectivity index (χ3v) is 4.57. The topological polar surface area (TPSA) is 74.6 Å². The number of ether oxygens (including phenoxy) is 1. The van der Waals surface area contributed by atoms with Gasteiger partial charge in [-0.3, -0.25) is 9.59 Å². The summed E-state index contributed by atoms with van der Waals surface area (Å²) >= 11 is 5.81. The van der Waals surface area contributed by atoms with Crippen LogP contribution in [0.15, 0.2) is 52.8 Å². The molecule has 0 N–H and O–H groups in total. The van der Waals surface area contributed by atoms with E-state index >= 15 is 0 Å². The van der Waals surface area contributed by atoms with E-state index in [1.807, 2.05) is 0 Å². The summed E-state index contributed by atoms with van der Waals surface area (Å²) in [7, 11) is 1.53. The Hall–Kier alpha value is -3.00. The minimum Gasteiger partial charge on any atom is -0.497 e. The molecule has 0 radical (unpaired) electrons. The van der Waals surface area contributed by atoms with E-state index in [0.717, 1.165) is 4.90 Å². The fourth-order valence-corrected chi connectivity index (χ4v) is 3.16. The molecule has 1 fully saturated rings. The van der Waals surface area contributed by atoms with Crippen molar-refractivity contribution in [2.75, 3.05) is 17.0 Å². The fraction of sp³-hybridized carbons (Fsp3) is 0.176. The Balaban J connectivity index is 1.67. The molecule has 7 nitrogen and oxygen atoms in total. The zero-order valence-electron chi connectivity index (χ0n) is 13.5. The van der Waals surface area contributed by atoms with Crippen molar-refractivity contribution in [3.63, 3.8) is 0 Å². The van der Waals surface area contributed by atoms with Gasteiger partial charge < -0.3 is 4.74 Å². The van der Waals surface area contributed by atoms with Crippen molar-refractivity contribution in [2.45, 2.75) is 12.1 Å². The first-order valence-electron chi connectivity index (χ1n) is 7.68. The summed E-state index contributed by atoms with van der Waals surface area (Å²) in [5.41, 5.74) is 0.799. The zero-order chi connectivity index (χ0) is 18.4. The molecule has 4 rings (SSSR count). The number of hydrogen-bond donors (Lipinski definition) is 0. The van der Waals surface area contributed by atoms with Gasteiger partial charge in [0, 0.05) is 0 Å². The summed E-state index contributed by atoms with van der Waals surface area (Å²) in [4.78, 5) is 26.6. The van der Waals surface area contributed by atoms with Gasteiger partial charge in [-0.1, -0.05) is 16.8 Å². The van der Waals surface area contributed by atoms with E-state index in [4.69, 9.17) is 16.3 Å². The van der Waals surface area contributed by atoms with Gasteiger partial charge in [-0.25, -0.2) is 14.3 Å². The average Bonchev–Trinajstić information content (AvgIpc) is 3.18. The third-order valence-electron chi connectivity index (χ3n) is 4.28. The molecular weight excluding hydrogens is 363 g/mol. The molecule has 0 bridgehead atoms. The van der Waals surface area contributed by atoms with Crippen LogP contribution in [-0.2, 0) is 9.59 Å². The number of rotatable bonds is 3. The summed E-state index contributed by atoms with van der Waals surface area (Å²) < 4.78 is 18.5. The molecule has 0 saturated carbocycles. The van der Waals surface area contributed by atoms with Crippen LogP contribution in [0.4, 0.5) is 15.8 Å². The number of carbonyl (C=O) groups excluding carboxylic acids is 2. The molecule has 2 unspecified atom stereocenters. The highest BCUT2D eigenvalue weighted by Gasteiger charge is 2.55. The van der Waals surface area contributed by atoms with Gasteiger partial charge >= 0.3 is 0 Å². The largest absolute Gasteiger partial charge is 0.497 e. The van der Waals surface area contributed by atoms with E-state index in [1.165, 1.54) is 30.3 Å². The highest BCUT2D eigenvalue weighted by Crippen LogP contribution is 2.36. The van der Waals surface area contributed by atoms with Crippen molar-refractivity contribution in [3.8, 4) is 5.75 Å². The predicted molar refractivity (Wildman–Crippen MR) is 91.8 cm³/mol. The number of methoxy groups -OCH3 is 1. The smallest absolute Gasteiger partial charge is 0.263 e. The lowest BCUT2D eigenvalue weighted by Gasteiger charge is -2.20. The number of benzene rings is 2. The van der Waals surface area contributed by atoms with Crippen LogP contribution in [0.25, 0.3) is 0 Å². The van der Waals surface area contributed by atoms with Crippen molar-refractivity contribution in [2.24, 2.45) is 10.3 Å². The minimum absolute atomic E-state index is 0.107. The molecule has 2 atom stereocenters. The van der Waals surface area contributed by atoms with Crippen LogP contribution in [-0.4, -0.2) is 31.0 Å². The Morgan fingerprint density at radius 2 is 1.77 bits per heavy atom. The molecule has 2 aliphatic heterocycles. The Bertz CT molecular complexity index is 934. The zero-order valence-corrected chi connectivity index (χ0v) is 14.2. The van der Waals surface area contributed by atoms with Crippen LogP contribution in [0.5, 0.6) is 5.75 Å². The third kappa shape index (κ3) is 2.41. The molecule has 1 saturated heterocycles. The molecule has 2 aromatic rings. The number of amides is 2. The number of nitrogens with zero attached hydrogens (tertiary/aromatic N) is 4. The molecule has 9 heteroatoms. The summed E-state index contributed by atoms with van der Waals surface area (Å²) in [5, 5.41) is 9.02. The minimum atomic E-state index is -0.951. The fourth-order valence-electron chi connectivity index (χ4n) is 2.99. The second kappa shape index (κ2) is 6.06. The van der Waals surface area contributed by atoms with E-state index in [2.05, 4.69) is 10.3 Å². The molecule has 2 amide bonds. The number of carbonyl (C=O) groups is 2. The molecule has 2 aliphatic rings. The quantitative estimate of drug-likeness (QED) is 0.774. The molecule has 132 valence electrons. The molecular formula is C17H12ClFN4O3. The van der Waals surface area contributed by atoms with Crippen LogP contribution in [0, 0.1) is 5.82 Å². The van der Waals surface area contributed by atoms with Crippen molar-refractivity contribution in [3.05, 3.63) is 53.3 Å². The van der Waals surface area contributed by atoms with E-state index < -0.39 is 29.7 Å². The van der Waals surface area contributed by atoms with Gasteiger partial charge in [0.15, 0.2) is 12.1 Å². The lowest BCUT2D eigenvalue weighted by molar-refractivity contribution is -0.121. The molecule has 0 aliphatic carbocycles. The van der Waals surface area contributed by atoms with Crippen LogP contribution in [0.3, 0.4) is 0 Å². The Labute approximate surface area is 152 Å². The number of anilines is 2. The van der Waals surface area contributed by atoms with Gasteiger partial charge in [-0.15, -0.1) is 0 Å². The summed E-state index contributed by atoms with van der Waals surface area (Å²) in [5.74, 6) is -0.910. The van der Waals surface area contributed by atoms with Crippen LogP contribution in [0.1, 0.15) is 0 Å². The van der Waals surface area contributed by atoms with E-state index in [0.29, 0.717) is 17.1 Å². The average molecular weight is 375 g/mol. The standard InChI is InChI=1S/C17H12ClFN4O3/c1-26-11-5-2-9(3-6-11)22-16(24)14-15(17(22)25)23(21-20-14)10-4-7-13(19)12(18)8-10/h2-8,14-15H,1H3. The first-order chi connectivity index (χ1) is 12.5. The van der Waals surface area contributed by atoms with Gasteiger partial charge in [-0.05, 0) is 42.5 Å². The number of imide groups is 1. The molecule has 26 heavy (non-hydrogen) atoms. The Morgan fingerprint density at radius 3 is 2.42 bits per heavy atom. The first-order valence-corrected chi connectivity index (χ1v) is 8.06. The second-order valence-corrected chi connectivity index (χ2v) is 6.15. The lowest BCUT2D eigenvalue weighted by atomic mass is 10.1. The highest BCUT2D eigenvalue weighted by molar-refractivity contribution is 6.31. The first kappa shape index (κ1) is 16.5. The van der Waals surface area contributed by atoms with E-state index in [9.17, 15) is 14.0 Å². The van der Waals surface area contributed by atoms with Gasteiger partial charge in [0.1, 0.15) is 11.6 Å².